The van der Waals surface area contributed by atoms with Gasteiger partial charge in [0.05, 0.1) is 11.7 Å². The number of β-amino-alcohol motifs (C(OH)–C–C–N with tert-alkyl or cyclic N) is 1. The number of aliphatic hydroxyl groups excluding tert-OH is 1. The van der Waals surface area contributed by atoms with Crippen LogP contribution in [0.25, 0.3) is 10.9 Å². The largest absolute Gasteiger partial charge is 0.508 e. The molecule has 0 bridgehead atoms. The minimum Gasteiger partial charge on any atom is -0.508 e. The van der Waals surface area contributed by atoms with Gasteiger partial charge in [-0.1, -0.05) is 60.7 Å². The van der Waals surface area contributed by atoms with E-state index in [2.05, 4.69) is 10.3 Å². The summed E-state index contributed by atoms with van der Waals surface area (Å²) >= 11 is 0. The molecule has 9 nitrogen and oxygen atoms in total. The van der Waals surface area contributed by atoms with E-state index in [4.69, 9.17) is 0 Å². The monoisotopic (exact) mass is 540 g/mol. The van der Waals surface area contributed by atoms with Crippen molar-refractivity contribution >= 4 is 28.6 Å². The first-order valence-corrected chi connectivity index (χ1v) is 13.2. The van der Waals surface area contributed by atoms with Crippen LogP contribution in [0.1, 0.15) is 27.9 Å². The fourth-order valence-corrected chi connectivity index (χ4v) is 5.23. The molecule has 0 spiro atoms. The van der Waals surface area contributed by atoms with Gasteiger partial charge in [0.25, 0.3) is 5.91 Å². The van der Waals surface area contributed by atoms with E-state index in [-0.39, 0.29) is 37.0 Å². The zero-order valence-electron chi connectivity index (χ0n) is 22.2. The highest BCUT2D eigenvalue weighted by molar-refractivity contribution is 6.08. The number of hydrogen-bond acceptors (Lipinski definition) is 5. The number of phenolic OH excluding ortho intramolecular Hbond substituents is 1. The Morgan fingerprint density at radius 3 is 2.45 bits per heavy atom. The lowest BCUT2D eigenvalue weighted by Gasteiger charge is -2.28. The van der Waals surface area contributed by atoms with Crippen molar-refractivity contribution < 1.29 is 24.6 Å². The number of rotatable bonds is 8. The Morgan fingerprint density at radius 1 is 1.00 bits per heavy atom. The van der Waals surface area contributed by atoms with Crippen molar-refractivity contribution in [3.63, 3.8) is 0 Å². The number of likely N-dealkylation sites (tertiary alicyclic amines) is 1. The fourth-order valence-electron chi connectivity index (χ4n) is 5.23. The van der Waals surface area contributed by atoms with E-state index in [9.17, 15) is 24.6 Å². The predicted octanol–water partition coefficient (Wildman–Crippen LogP) is 2.83. The van der Waals surface area contributed by atoms with E-state index in [1.807, 2.05) is 54.6 Å². The number of amides is 3. The summed E-state index contributed by atoms with van der Waals surface area (Å²) in [5, 5.41) is 23.7. The molecule has 0 aliphatic carbocycles. The third-order valence-electron chi connectivity index (χ3n) is 7.29. The molecule has 3 amide bonds. The van der Waals surface area contributed by atoms with E-state index < -0.39 is 24.1 Å². The summed E-state index contributed by atoms with van der Waals surface area (Å²) in [6.45, 7) is 0.371. The Kier molecular flexibility index (Phi) is 7.84. The first-order valence-electron chi connectivity index (χ1n) is 13.2. The number of benzene rings is 3. The minimum atomic E-state index is -0.939. The molecule has 40 heavy (non-hydrogen) atoms. The lowest BCUT2D eigenvalue weighted by Crippen LogP contribution is -2.54. The summed E-state index contributed by atoms with van der Waals surface area (Å²) in [5.74, 6) is -1.06. The fraction of sp³-hybridized carbons (Fsp3) is 0.258. The van der Waals surface area contributed by atoms with Crippen LogP contribution in [-0.2, 0) is 22.6 Å². The van der Waals surface area contributed by atoms with Crippen LogP contribution < -0.4 is 5.32 Å². The highest BCUT2D eigenvalue weighted by Crippen LogP contribution is 2.25. The quantitative estimate of drug-likeness (QED) is 0.274. The van der Waals surface area contributed by atoms with Gasteiger partial charge in [-0.3, -0.25) is 14.4 Å². The van der Waals surface area contributed by atoms with Gasteiger partial charge in [0, 0.05) is 50.1 Å². The van der Waals surface area contributed by atoms with Crippen LogP contribution in [0.5, 0.6) is 5.75 Å². The molecule has 1 saturated heterocycles. The van der Waals surface area contributed by atoms with Crippen molar-refractivity contribution in [2.75, 3.05) is 13.6 Å². The molecule has 1 aliphatic rings. The maximum atomic E-state index is 13.6. The Morgan fingerprint density at radius 2 is 1.70 bits per heavy atom. The maximum absolute atomic E-state index is 13.6. The van der Waals surface area contributed by atoms with Gasteiger partial charge in [-0.25, -0.2) is 0 Å². The molecule has 4 N–H and O–H groups in total. The topological polar surface area (TPSA) is 126 Å². The molecule has 9 heteroatoms. The van der Waals surface area contributed by atoms with Crippen LogP contribution in [0.2, 0.25) is 0 Å². The van der Waals surface area contributed by atoms with Crippen LogP contribution >= 0.6 is 0 Å². The van der Waals surface area contributed by atoms with Crippen LogP contribution in [0, 0.1) is 0 Å². The van der Waals surface area contributed by atoms with Crippen molar-refractivity contribution in [2.45, 2.75) is 37.6 Å². The number of carbonyl (C=O) groups is 3. The van der Waals surface area contributed by atoms with E-state index in [0.717, 1.165) is 22.0 Å². The highest BCUT2D eigenvalue weighted by Gasteiger charge is 2.41. The molecule has 0 saturated carbocycles. The van der Waals surface area contributed by atoms with Crippen molar-refractivity contribution in [1.82, 2.24) is 20.1 Å². The molecule has 1 aliphatic heterocycles. The Labute approximate surface area is 232 Å². The number of likely N-dealkylation sites (N-methyl/N-ethyl adjacent to an activating group) is 1. The predicted molar refractivity (Wildman–Crippen MR) is 150 cm³/mol. The number of hydrogen-bond donors (Lipinski definition) is 4. The molecular weight excluding hydrogens is 508 g/mol. The Hall–Kier alpha value is -4.63. The highest BCUT2D eigenvalue weighted by atomic mass is 16.3. The van der Waals surface area contributed by atoms with Crippen molar-refractivity contribution in [3.05, 3.63) is 102 Å². The molecule has 4 aromatic rings. The van der Waals surface area contributed by atoms with Gasteiger partial charge in [0.1, 0.15) is 17.8 Å². The number of aromatic amines is 1. The van der Waals surface area contributed by atoms with Crippen LogP contribution in [0.4, 0.5) is 0 Å². The second-order valence-corrected chi connectivity index (χ2v) is 10.2. The van der Waals surface area contributed by atoms with Crippen LogP contribution in [0.3, 0.4) is 0 Å². The second-order valence-electron chi connectivity index (χ2n) is 10.2. The second kappa shape index (κ2) is 11.6. The lowest BCUT2D eigenvalue weighted by atomic mass is 10.0. The Bertz CT molecular complexity index is 1500. The smallest absolute Gasteiger partial charge is 0.256 e. The van der Waals surface area contributed by atoms with E-state index in [1.165, 1.54) is 17.0 Å². The number of fused-ring (bicyclic) bond motifs is 1. The first kappa shape index (κ1) is 27.0. The van der Waals surface area contributed by atoms with Gasteiger partial charge in [0.2, 0.25) is 11.8 Å². The molecule has 5 rings (SSSR count). The number of nitrogens with zero attached hydrogens (tertiary/aromatic N) is 2. The number of aromatic hydroxyl groups is 1. The number of H-pyrrole nitrogens is 1. The summed E-state index contributed by atoms with van der Waals surface area (Å²) in [4.78, 5) is 46.8. The van der Waals surface area contributed by atoms with E-state index in [0.29, 0.717) is 12.1 Å². The normalized spacial score (nSPS) is 17.5. The number of aromatic nitrogens is 1. The average molecular weight is 541 g/mol. The molecule has 0 radical (unpaired) electrons. The van der Waals surface area contributed by atoms with Gasteiger partial charge in [-0.2, -0.15) is 0 Å². The van der Waals surface area contributed by atoms with Crippen molar-refractivity contribution in [1.29, 1.82) is 0 Å². The van der Waals surface area contributed by atoms with Gasteiger partial charge in [0.15, 0.2) is 0 Å². The number of nitrogens with one attached hydrogen (secondary N) is 2. The molecule has 3 unspecified atom stereocenters. The third kappa shape index (κ3) is 5.84. The number of phenols is 1. The molecule has 1 aromatic heterocycles. The summed E-state index contributed by atoms with van der Waals surface area (Å²) in [6, 6.07) is 21.5. The number of para-hydroxylation sites is 1. The molecule has 206 valence electrons. The maximum Gasteiger partial charge on any atom is 0.256 e. The standard InChI is InChI=1S/C31H32N4O5/c1-34(18-21-7-3-2-4-8-21)31(40)27(15-20-11-13-22(36)14-12-20)33-29(38)28-16-23(37)19-35(28)30(39)25-17-32-26-10-6-5-9-24(25)26/h2-14,17,23,27-28,32,36-37H,15-16,18-19H2,1H3,(H,33,38). The average Bonchev–Trinajstić information content (AvgIpc) is 3.57. The zero-order chi connectivity index (χ0) is 28.2. The summed E-state index contributed by atoms with van der Waals surface area (Å²) < 4.78 is 0. The van der Waals surface area contributed by atoms with Crippen molar-refractivity contribution in [2.24, 2.45) is 0 Å². The van der Waals surface area contributed by atoms with E-state index >= 15 is 0 Å². The molecule has 3 aromatic carbocycles. The summed E-state index contributed by atoms with van der Waals surface area (Å²) in [5.41, 5.74) is 2.92. The summed E-state index contributed by atoms with van der Waals surface area (Å²) in [7, 11) is 1.68. The van der Waals surface area contributed by atoms with Gasteiger partial charge in [-0.05, 0) is 29.3 Å². The molecule has 2 heterocycles. The van der Waals surface area contributed by atoms with Crippen molar-refractivity contribution in [3.8, 4) is 5.75 Å². The van der Waals surface area contributed by atoms with Crippen LogP contribution in [0.15, 0.2) is 85.1 Å². The zero-order valence-corrected chi connectivity index (χ0v) is 22.2. The third-order valence-corrected chi connectivity index (χ3v) is 7.29. The van der Waals surface area contributed by atoms with Gasteiger partial charge < -0.3 is 30.3 Å². The lowest BCUT2D eigenvalue weighted by molar-refractivity contribution is -0.136. The summed E-state index contributed by atoms with van der Waals surface area (Å²) in [6.07, 6.45) is 1.01. The molecular formula is C31H32N4O5. The Balaban J connectivity index is 1.37. The first-order chi connectivity index (χ1) is 19.3. The minimum absolute atomic E-state index is 0.0148. The SMILES string of the molecule is CN(Cc1ccccc1)C(=O)C(Cc1ccc(O)cc1)NC(=O)C1CC(O)CN1C(=O)c1c[nH]c2ccccc12. The molecule has 3 atom stereocenters. The van der Waals surface area contributed by atoms with Gasteiger partial charge in [-0.15, -0.1) is 0 Å². The molecule has 1 fully saturated rings. The van der Waals surface area contributed by atoms with Gasteiger partial charge >= 0.3 is 0 Å². The number of carbonyl (C=O) groups excluding carboxylic acids is 3. The van der Waals surface area contributed by atoms with Crippen LogP contribution in [-0.4, -0.2) is 74.5 Å². The number of aliphatic hydroxyl groups is 1. The van der Waals surface area contributed by atoms with E-state index in [1.54, 1.807) is 30.3 Å².